The van der Waals surface area contributed by atoms with Crippen molar-refractivity contribution in [3.8, 4) is 0 Å². The number of benzene rings is 3. The molecular formula is C22H16F3N3. The molecule has 1 aliphatic rings. The summed E-state index contributed by atoms with van der Waals surface area (Å²) >= 11 is 0. The van der Waals surface area contributed by atoms with Crippen LogP contribution in [0.4, 0.5) is 13.2 Å². The second-order valence-corrected chi connectivity index (χ2v) is 6.24. The van der Waals surface area contributed by atoms with Crippen LogP contribution in [0.3, 0.4) is 0 Å². The van der Waals surface area contributed by atoms with Gasteiger partial charge in [-0.05, 0) is 5.56 Å². The Morgan fingerprint density at radius 1 is 0.679 bits per heavy atom. The summed E-state index contributed by atoms with van der Waals surface area (Å²) in [6, 6.07) is 25.9. The first-order valence-corrected chi connectivity index (χ1v) is 8.72. The van der Waals surface area contributed by atoms with Crippen LogP contribution in [0.2, 0.25) is 0 Å². The molecule has 6 heteroatoms. The molecule has 0 saturated carbocycles. The van der Waals surface area contributed by atoms with Crippen molar-refractivity contribution in [2.45, 2.75) is 12.5 Å². The number of hydrogen-bond acceptors (Lipinski definition) is 3. The van der Waals surface area contributed by atoms with Gasteiger partial charge in [0.05, 0.1) is 0 Å². The van der Waals surface area contributed by atoms with Crippen LogP contribution in [0, 0.1) is 0 Å². The zero-order valence-corrected chi connectivity index (χ0v) is 14.7. The second-order valence-electron chi connectivity index (χ2n) is 6.24. The fourth-order valence-corrected chi connectivity index (χ4v) is 3.10. The Bertz CT molecular complexity index is 997. The van der Waals surface area contributed by atoms with Gasteiger partial charge in [-0.25, -0.2) is 14.9 Å². The van der Waals surface area contributed by atoms with Gasteiger partial charge in [-0.2, -0.15) is 0 Å². The number of hydrogen-bond donors (Lipinski definition) is 0. The molecule has 1 aliphatic heterocycles. The molecule has 1 unspecified atom stereocenters. The Balaban J connectivity index is 1.93. The van der Waals surface area contributed by atoms with Gasteiger partial charge < -0.3 is 0 Å². The van der Waals surface area contributed by atoms with Crippen molar-refractivity contribution in [2.75, 3.05) is 0 Å². The molecule has 28 heavy (non-hydrogen) atoms. The number of aliphatic imine (C=N–C) groups is 2. The van der Waals surface area contributed by atoms with E-state index in [2.05, 4.69) is 9.98 Å². The Morgan fingerprint density at radius 3 is 1.71 bits per heavy atom. The fourth-order valence-electron chi connectivity index (χ4n) is 3.10. The summed E-state index contributed by atoms with van der Waals surface area (Å²) < 4.78 is 42.4. The standard InChI is InChI=1S/C22H16F3N3/c23-22(24,25)28-20(17-12-6-2-7-13-17)26-19(16-10-4-1-5-11-16)27-21(28)18-14-8-3-9-15-18/h1-15,20H. The molecule has 0 saturated heterocycles. The highest BCUT2D eigenvalue weighted by atomic mass is 19.4. The molecular weight excluding hydrogens is 363 g/mol. The van der Waals surface area contributed by atoms with Crippen LogP contribution in [0.15, 0.2) is 101 Å². The van der Waals surface area contributed by atoms with Crippen molar-refractivity contribution < 1.29 is 13.2 Å². The molecule has 0 N–H and O–H groups in total. The lowest BCUT2D eigenvalue weighted by atomic mass is 10.1. The minimum absolute atomic E-state index is 0.171. The van der Waals surface area contributed by atoms with E-state index < -0.39 is 12.5 Å². The van der Waals surface area contributed by atoms with E-state index >= 15 is 0 Å². The molecule has 0 amide bonds. The van der Waals surface area contributed by atoms with E-state index in [1.54, 1.807) is 72.8 Å². The average molecular weight is 379 g/mol. The number of amidine groups is 2. The van der Waals surface area contributed by atoms with Crippen LogP contribution in [0.1, 0.15) is 22.9 Å². The van der Waals surface area contributed by atoms with Gasteiger partial charge in [-0.1, -0.05) is 91.0 Å². The maximum atomic E-state index is 14.1. The van der Waals surface area contributed by atoms with Gasteiger partial charge in [0.2, 0.25) is 0 Å². The third-order valence-electron chi connectivity index (χ3n) is 4.36. The average Bonchev–Trinajstić information content (AvgIpc) is 2.74. The summed E-state index contributed by atoms with van der Waals surface area (Å²) in [5, 5.41) is 0. The van der Waals surface area contributed by atoms with Crippen LogP contribution in [-0.4, -0.2) is 22.9 Å². The first kappa shape index (κ1) is 18.0. The Kier molecular flexibility index (Phi) is 4.69. The van der Waals surface area contributed by atoms with Gasteiger partial charge in [0.15, 0.2) is 12.0 Å². The van der Waals surface area contributed by atoms with Crippen molar-refractivity contribution >= 4 is 11.7 Å². The van der Waals surface area contributed by atoms with Gasteiger partial charge >= 0.3 is 6.30 Å². The molecule has 0 spiro atoms. The molecule has 0 bridgehead atoms. The summed E-state index contributed by atoms with van der Waals surface area (Å²) in [5.74, 6) is 0.101. The van der Waals surface area contributed by atoms with Crippen LogP contribution in [0.25, 0.3) is 0 Å². The van der Waals surface area contributed by atoms with Crippen LogP contribution < -0.4 is 0 Å². The monoisotopic (exact) mass is 379 g/mol. The first-order valence-electron chi connectivity index (χ1n) is 8.72. The molecule has 140 valence electrons. The number of nitrogens with zero attached hydrogens (tertiary/aromatic N) is 3. The number of rotatable bonds is 3. The normalized spacial score (nSPS) is 17.1. The summed E-state index contributed by atoms with van der Waals surface area (Å²) in [6.45, 7) is 0. The maximum Gasteiger partial charge on any atom is 0.488 e. The van der Waals surface area contributed by atoms with Gasteiger partial charge in [-0.15, -0.1) is 13.2 Å². The molecule has 1 atom stereocenters. The Hall–Kier alpha value is -3.41. The lowest BCUT2D eigenvalue weighted by molar-refractivity contribution is -0.229. The number of alkyl halides is 3. The lowest BCUT2D eigenvalue weighted by Gasteiger charge is -2.36. The minimum atomic E-state index is -4.65. The van der Waals surface area contributed by atoms with Crippen molar-refractivity contribution in [3.63, 3.8) is 0 Å². The summed E-state index contributed by atoms with van der Waals surface area (Å²) in [4.78, 5) is 9.02. The van der Waals surface area contributed by atoms with E-state index in [4.69, 9.17) is 0 Å². The third-order valence-corrected chi connectivity index (χ3v) is 4.36. The van der Waals surface area contributed by atoms with Crippen molar-refractivity contribution in [3.05, 3.63) is 108 Å². The first-order chi connectivity index (χ1) is 13.5. The van der Waals surface area contributed by atoms with Crippen LogP contribution in [0.5, 0.6) is 0 Å². The summed E-state index contributed by atoms with van der Waals surface area (Å²) in [6.07, 6.45) is -5.91. The highest BCUT2D eigenvalue weighted by molar-refractivity contribution is 6.13. The zero-order valence-electron chi connectivity index (χ0n) is 14.7. The van der Waals surface area contributed by atoms with E-state index in [1.807, 2.05) is 18.2 Å². The minimum Gasteiger partial charge on any atom is -0.240 e. The largest absolute Gasteiger partial charge is 0.488 e. The van der Waals surface area contributed by atoms with E-state index in [0.717, 1.165) is 0 Å². The molecule has 3 aromatic carbocycles. The Morgan fingerprint density at radius 2 is 1.18 bits per heavy atom. The molecule has 0 aromatic heterocycles. The lowest BCUT2D eigenvalue weighted by Crippen LogP contribution is -2.47. The van der Waals surface area contributed by atoms with E-state index in [1.165, 1.54) is 0 Å². The molecule has 4 rings (SSSR count). The van der Waals surface area contributed by atoms with Crippen LogP contribution in [-0.2, 0) is 0 Å². The van der Waals surface area contributed by atoms with Gasteiger partial charge in [0, 0.05) is 11.1 Å². The smallest absolute Gasteiger partial charge is 0.240 e. The SMILES string of the molecule is FC(F)(F)N1C(c2ccccc2)=NC(c2ccccc2)=NC1c1ccccc1. The summed E-state index contributed by atoms with van der Waals surface area (Å²) in [7, 11) is 0. The third kappa shape index (κ3) is 3.53. The zero-order chi connectivity index (χ0) is 19.6. The van der Waals surface area contributed by atoms with Crippen molar-refractivity contribution in [1.29, 1.82) is 0 Å². The van der Waals surface area contributed by atoms with E-state index in [-0.39, 0.29) is 11.7 Å². The molecule has 3 nitrogen and oxygen atoms in total. The molecule has 1 heterocycles. The highest BCUT2D eigenvalue weighted by Crippen LogP contribution is 2.37. The number of halogens is 3. The predicted molar refractivity (Wildman–Crippen MR) is 103 cm³/mol. The topological polar surface area (TPSA) is 28.0 Å². The van der Waals surface area contributed by atoms with Crippen LogP contribution >= 0.6 is 0 Å². The summed E-state index contributed by atoms with van der Waals surface area (Å²) in [5.41, 5.74) is 1.49. The van der Waals surface area contributed by atoms with E-state index in [9.17, 15) is 13.2 Å². The quantitative estimate of drug-likeness (QED) is 0.559. The Labute approximate surface area is 160 Å². The molecule has 0 aliphatic carbocycles. The van der Waals surface area contributed by atoms with Crippen molar-refractivity contribution in [2.24, 2.45) is 9.98 Å². The van der Waals surface area contributed by atoms with E-state index in [0.29, 0.717) is 21.6 Å². The highest BCUT2D eigenvalue weighted by Gasteiger charge is 2.47. The fraction of sp³-hybridized carbons (Fsp3) is 0.0909. The second kappa shape index (κ2) is 7.31. The predicted octanol–water partition coefficient (Wildman–Crippen LogP) is 5.41. The molecule has 3 aromatic rings. The van der Waals surface area contributed by atoms with Gasteiger partial charge in [-0.3, -0.25) is 0 Å². The maximum absolute atomic E-state index is 14.1. The van der Waals surface area contributed by atoms with Crippen molar-refractivity contribution in [1.82, 2.24) is 4.90 Å². The van der Waals surface area contributed by atoms with Gasteiger partial charge in [0.25, 0.3) is 0 Å². The molecule has 0 fully saturated rings. The molecule has 0 radical (unpaired) electrons. The van der Waals surface area contributed by atoms with Gasteiger partial charge in [0.1, 0.15) is 5.84 Å².